The lowest BCUT2D eigenvalue weighted by Crippen LogP contribution is -2.54. The average molecular weight is 869 g/mol. The summed E-state index contributed by atoms with van der Waals surface area (Å²) in [6.07, 6.45) is 10.5. The first kappa shape index (κ1) is 43.9. The molecular weight excluding hydrogens is 813 g/mol. The van der Waals surface area contributed by atoms with Crippen LogP contribution in [-0.2, 0) is 26.2 Å². The molecule has 1 unspecified atom stereocenters. The zero-order valence-corrected chi connectivity index (χ0v) is 37.6. The first-order valence-corrected chi connectivity index (χ1v) is 23.6. The van der Waals surface area contributed by atoms with E-state index in [9.17, 15) is 34.0 Å². The van der Waals surface area contributed by atoms with Gasteiger partial charge in [0.2, 0.25) is 17.7 Å². The predicted octanol–water partition coefficient (Wildman–Crippen LogP) is 8.21. The molecule has 8 rings (SSSR count). The molecule has 3 aliphatic heterocycles. The Bertz CT molecular complexity index is 2560. The van der Waals surface area contributed by atoms with Gasteiger partial charge < -0.3 is 14.8 Å². The molecule has 0 bridgehead atoms. The topological polar surface area (TPSA) is 164 Å². The average Bonchev–Trinajstić information content (AvgIpc) is 3.80. The highest BCUT2D eigenvalue weighted by molar-refractivity contribution is 7.99. The maximum atomic E-state index is 14.1. The summed E-state index contributed by atoms with van der Waals surface area (Å²) in [6, 6.07) is 16.5. The van der Waals surface area contributed by atoms with Crippen molar-refractivity contribution in [3.8, 4) is 6.07 Å². The number of nitrogens with one attached hydrogen (secondary N) is 2. The Balaban J connectivity index is 0.754. The molecule has 1 aromatic heterocycles. The molecule has 63 heavy (non-hydrogen) atoms. The van der Waals surface area contributed by atoms with Crippen molar-refractivity contribution < 1.29 is 28.8 Å². The number of H-pyrrole nitrogens is 1. The normalized spacial score (nSPS) is 18.3. The Labute approximate surface area is 373 Å². The summed E-state index contributed by atoms with van der Waals surface area (Å²) in [6.45, 7) is 8.14. The van der Waals surface area contributed by atoms with Gasteiger partial charge in [-0.15, -0.1) is 11.8 Å². The number of carbonyl (C=O) groups is 6. The minimum Gasteiger partial charge on any atom is -0.371 e. The van der Waals surface area contributed by atoms with Crippen molar-refractivity contribution in [1.82, 2.24) is 20.1 Å². The van der Waals surface area contributed by atoms with E-state index in [-0.39, 0.29) is 30.6 Å². The van der Waals surface area contributed by atoms with Crippen LogP contribution in [0.4, 0.5) is 5.69 Å². The van der Waals surface area contributed by atoms with E-state index in [1.54, 1.807) is 30.0 Å². The van der Waals surface area contributed by atoms with Crippen LogP contribution in [0, 0.1) is 11.3 Å². The van der Waals surface area contributed by atoms with Gasteiger partial charge in [-0.25, -0.2) is 0 Å². The van der Waals surface area contributed by atoms with Crippen LogP contribution in [0.25, 0.3) is 10.9 Å². The molecule has 5 amide bonds. The fourth-order valence-electron chi connectivity index (χ4n) is 10.1. The first-order valence-electron chi connectivity index (χ1n) is 22.6. The molecule has 2 saturated heterocycles. The van der Waals surface area contributed by atoms with Gasteiger partial charge in [0.15, 0.2) is 5.78 Å². The van der Waals surface area contributed by atoms with E-state index < -0.39 is 35.1 Å². The third kappa shape index (κ3) is 8.30. The van der Waals surface area contributed by atoms with Crippen molar-refractivity contribution in [3.63, 3.8) is 0 Å². The molecule has 1 atom stereocenters. The Hall–Kier alpha value is -5.74. The van der Waals surface area contributed by atoms with Crippen LogP contribution in [0.5, 0.6) is 0 Å². The molecular formula is C50H56N6O6S. The molecule has 328 valence electrons. The lowest BCUT2D eigenvalue weighted by atomic mass is 9.70. The second-order valence-electron chi connectivity index (χ2n) is 18.0. The number of nitrogens with zero attached hydrogens (tertiary/aromatic N) is 4. The van der Waals surface area contributed by atoms with Gasteiger partial charge in [-0.2, -0.15) is 5.26 Å². The highest BCUT2D eigenvalue weighted by atomic mass is 32.2. The zero-order valence-electron chi connectivity index (χ0n) is 36.7. The largest absolute Gasteiger partial charge is 0.371 e. The fourth-order valence-corrected chi connectivity index (χ4v) is 11.2. The minimum absolute atomic E-state index is 0.0261. The van der Waals surface area contributed by atoms with Crippen molar-refractivity contribution in [2.75, 3.05) is 30.8 Å². The number of amides is 5. The number of hydrogen-bond donors (Lipinski definition) is 2. The molecule has 4 aromatic rings. The molecule has 4 heterocycles. The smallest absolute Gasteiger partial charge is 0.263 e. The van der Waals surface area contributed by atoms with E-state index in [4.69, 9.17) is 0 Å². The highest BCUT2D eigenvalue weighted by Gasteiger charge is 2.46. The van der Waals surface area contributed by atoms with Crippen LogP contribution in [0.3, 0.4) is 0 Å². The van der Waals surface area contributed by atoms with Gasteiger partial charge in [0, 0.05) is 77.2 Å². The van der Waals surface area contributed by atoms with Gasteiger partial charge in [-0.1, -0.05) is 65.0 Å². The maximum absolute atomic E-state index is 14.1. The lowest BCUT2D eigenvalue weighted by Gasteiger charge is -2.40. The molecule has 0 saturated carbocycles. The number of fused-ring (bicyclic) bond motifs is 5. The summed E-state index contributed by atoms with van der Waals surface area (Å²) in [5.41, 5.74) is 7.27. The number of aromatic nitrogens is 1. The molecule has 2 fully saturated rings. The number of piperidine rings is 2. The number of imide groups is 2. The number of carbonyl (C=O) groups excluding carboxylic acids is 6. The number of benzene rings is 3. The lowest BCUT2D eigenvalue weighted by molar-refractivity contribution is -0.136. The monoisotopic (exact) mass is 868 g/mol. The van der Waals surface area contributed by atoms with Crippen molar-refractivity contribution in [3.05, 3.63) is 93.2 Å². The summed E-state index contributed by atoms with van der Waals surface area (Å²) in [5, 5.41) is 12.6. The van der Waals surface area contributed by atoms with Gasteiger partial charge in [-0.05, 0) is 91.8 Å². The van der Waals surface area contributed by atoms with E-state index in [1.165, 1.54) is 5.69 Å². The summed E-state index contributed by atoms with van der Waals surface area (Å²) in [7, 11) is 1.95. The van der Waals surface area contributed by atoms with Crippen LogP contribution in [0.15, 0.2) is 53.4 Å². The van der Waals surface area contributed by atoms with Crippen LogP contribution < -0.4 is 10.2 Å². The second-order valence-corrected chi connectivity index (χ2v) is 19.1. The van der Waals surface area contributed by atoms with Crippen molar-refractivity contribution in [1.29, 1.82) is 5.26 Å². The molecule has 3 aromatic carbocycles. The van der Waals surface area contributed by atoms with Gasteiger partial charge in [-0.3, -0.25) is 39.0 Å². The molecule has 13 heteroatoms. The van der Waals surface area contributed by atoms with E-state index in [0.717, 1.165) is 126 Å². The SMILES string of the molecule is CCc1cc2c(cc1N1CCC(N(C)C(=O)CCCCCCCCCSc3cccc4c3C(=O)N(C3CCC(=O)NC3=O)C4=O)CC1)C(C)(C)c1[nH]c3cc(C#N)ccc3c1C2=O. The molecule has 4 aliphatic rings. The van der Waals surface area contributed by atoms with Gasteiger partial charge in [0.25, 0.3) is 11.8 Å². The van der Waals surface area contributed by atoms with Crippen LogP contribution in [-0.4, -0.2) is 88.1 Å². The predicted molar refractivity (Wildman–Crippen MR) is 243 cm³/mol. The minimum atomic E-state index is -0.970. The fraction of sp³-hybridized carbons (Fsp3) is 0.460. The number of ketones is 1. The number of hydrogen-bond acceptors (Lipinski definition) is 9. The van der Waals surface area contributed by atoms with E-state index in [1.807, 2.05) is 30.1 Å². The first-order chi connectivity index (χ1) is 30.3. The number of nitriles is 1. The summed E-state index contributed by atoms with van der Waals surface area (Å²) >= 11 is 1.56. The molecule has 12 nitrogen and oxygen atoms in total. The molecule has 0 radical (unpaired) electrons. The number of aromatic amines is 1. The van der Waals surface area contributed by atoms with Crippen molar-refractivity contribution in [2.24, 2.45) is 0 Å². The van der Waals surface area contributed by atoms with Crippen LogP contribution in [0.2, 0.25) is 0 Å². The van der Waals surface area contributed by atoms with Crippen LogP contribution in [0.1, 0.15) is 157 Å². The Kier molecular flexibility index (Phi) is 12.7. The van der Waals surface area contributed by atoms with E-state index >= 15 is 0 Å². The molecule has 2 N–H and O–H groups in total. The quantitative estimate of drug-likeness (QED) is 0.0681. The second kappa shape index (κ2) is 18.2. The third-order valence-electron chi connectivity index (χ3n) is 13.8. The summed E-state index contributed by atoms with van der Waals surface area (Å²) in [4.78, 5) is 87.6. The number of unbranched alkanes of at least 4 members (excludes halogenated alkanes) is 6. The van der Waals surface area contributed by atoms with Crippen molar-refractivity contribution in [2.45, 2.75) is 127 Å². The summed E-state index contributed by atoms with van der Waals surface area (Å²) < 4.78 is 0. The highest BCUT2D eigenvalue weighted by Crippen LogP contribution is 2.46. The Morgan fingerprint density at radius 1 is 0.889 bits per heavy atom. The summed E-state index contributed by atoms with van der Waals surface area (Å²) in [5.74, 6) is -0.910. The number of rotatable bonds is 15. The van der Waals surface area contributed by atoms with E-state index in [2.05, 4.69) is 54.2 Å². The maximum Gasteiger partial charge on any atom is 0.263 e. The number of anilines is 1. The zero-order chi connectivity index (χ0) is 44.6. The van der Waals surface area contributed by atoms with Gasteiger partial charge >= 0.3 is 0 Å². The molecule has 1 aliphatic carbocycles. The van der Waals surface area contributed by atoms with Crippen molar-refractivity contribution >= 4 is 63.7 Å². The Morgan fingerprint density at radius 2 is 1.62 bits per heavy atom. The Morgan fingerprint density at radius 3 is 2.33 bits per heavy atom. The van der Waals surface area contributed by atoms with Gasteiger partial charge in [0.05, 0.1) is 28.3 Å². The number of aryl methyl sites for hydroxylation is 1. The number of thioether (sulfide) groups is 1. The standard InChI is InChI=1S/C50H56N6O6S/c1-5-31-27-35-36(50(2,3)46-44(45(35)59)33-18-17-30(29-51)26-37(33)52-46)28-39(31)55-23-21-32(22-24-55)54(4)42(58)16-11-9-7-6-8-10-12-25-63-40-15-13-14-34-43(40)49(62)56(48(34)61)38-19-20-41(57)53-47(38)60/h13-15,17-18,26-28,32,38,52H,5-12,16,19-25H2,1-4H3,(H,53,57,60). The molecule has 0 spiro atoms. The van der Waals surface area contributed by atoms with Gasteiger partial charge in [0.1, 0.15) is 6.04 Å². The van der Waals surface area contributed by atoms with Crippen LogP contribution >= 0.6 is 11.8 Å². The third-order valence-corrected chi connectivity index (χ3v) is 14.9. The van der Waals surface area contributed by atoms with E-state index in [0.29, 0.717) is 28.7 Å².